The quantitative estimate of drug-likeness (QED) is 0.799. The second-order valence-corrected chi connectivity index (χ2v) is 5.56. The van der Waals surface area contributed by atoms with Gasteiger partial charge in [-0.05, 0) is 37.4 Å². The van der Waals surface area contributed by atoms with Crippen LogP contribution >= 0.6 is 0 Å². The molecule has 0 atom stereocenters. The Morgan fingerprint density at radius 3 is 2.85 bits per heavy atom. The smallest absolute Gasteiger partial charge is 0.233 e. The minimum Gasteiger partial charge on any atom is -0.355 e. The summed E-state index contributed by atoms with van der Waals surface area (Å²) in [6.45, 7) is 2.06. The highest BCUT2D eigenvalue weighted by Gasteiger charge is 2.13. The maximum Gasteiger partial charge on any atom is 0.233 e. The van der Waals surface area contributed by atoms with E-state index in [9.17, 15) is 4.79 Å². The molecule has 4 nitrogen and oxygen atoms in total. The van der Waals surface area contributed by atoms with Crippen LogP contribution in [-0.2, 0) is 11.2 Å². The highest BCUT2D eigenvalue weighted by molar-refractivity contribution is 5.77. The largest absolute Gasteiger partial charge is 0.355 e. The second kappa shape index (κ2) is 8.69. The number of carbonyl (C=O) groups excluding carboxylic acids is 1. The molecule has 1 aliphatic carbocycles. The lowest BCUT2D eigenvalue weighted by atomic mass is 9.89. The van der Waals surface area contributed by atoms with Gasteiger partial charge in [-0.1, -0.05) is 25.3 Å². The van der Waals surface area contributed by atoms with E-state index >= 15 is 0 Å². The van der Waals surface area contributed by atoms with Crippen molar-refractivity contribution in [3.05, 3.63) is 30.1 Å². The molecule has 4 heteroatoms. The van der Waals surface area contributed by atoms with Crippen LogP contribution in [0.25, 0.3) is 0 Å². The van der Waals surface area contributed by atoms with Crippen molar-refractivity contribution in [3.63, 3.8) is 0 Å². The van der Waals surface area contributed by atoms with E-state index in [1.807, 2.05) is 18.2 Å². The van der Waals surface area contributed by atoms with Gasteiger partial charge in [-0.25, -0.2) is 0 Å². The Hall–Kier alpha value is -1.42. The molecular weight excluding hydrogens is 250 g/mol. The van der Waals surface area contributed by atoms with Crippen LogP contribution in [0.15, 0.2) is 24.4 Å². The Kier molecular flexibility index (Phi) is 6.51. The maximum absolute atomic E-state index is 11.7. The average Bonchev–Trinajstić information content (AvgIpc) is 2.49. The van der Waals surface area contributed by atoms with Crippen LogP contribution in [-0.4, -0.2) is 30.5 Å². The first-order valence-corrected chi connectivity index (χ1v) is 7.72. The number of aromatic nitrogens is 1. The number of carbonyl (C=O) groups is 1. The second-order valence-electron chi connectivity index (χ2n) is 5.56. The van der Waals surface area contributed by atoms with Crippen LogP contribution in [0, 0.1) is 5.92 Å². The van der Waals surface area contributed by atoms with Gasteiger partial charge in [0.1, 0.15) is 0 Å². The fraction of sp³-hybridized carbons (Fsp3) is 0.625. The molecule has 1 aliphatic rings. The molecule has 1 heterocycles. The summed E-state index contributed by atoms with van der Waals surface area (Å²) < 4.78 is 0. The molecule has 20 heavy (non-hydrogen) atoms. The van der Waals surface area contributed by atoms with E-state index in [4.69, 9.17) is 0 Å². The van der Waals surface area contributed by atoms with E-state index in [0.717, 1.165) is 24.6 Å². The van der Waals surface area contributed by atoms with Crippen molar-refractivity contribution in [1.82, 2.24) is 15.6 Å². The van der Waals surface area contributed by atoms with Crippen molar-refractivity contribution in [2.45, 2.75) is 38.5 Å². The molecular formula is C16H25N3O. The molecule has 0 saturated heterocycles. The van der Waals surface area contributed by atoms with E-state index in [-0.39, 0.29) is 5.91 Å². The van der Waals surface area contributed by atoms with Gasteiger partial charge in [0.15, 0.2) is 0 Å². The molecule has 0 unspecified atom stereocenters. The fourth-order valence-electron chi connectivity index (χ4n) is 2.72. The summed E-state index contributed by atoms with van der Waals surface area (Å²) in [6.07, 6.45) is 9.27. The van der Waals surface area contributed by atoms with Crippen LogP contribution in [0.2, 0.25) is 0 Å². The van der Waals surface area contributed by atoms with Gasteiger partial charge in [-0.15, -0.1) is 0 Å². The van der Waals surface area contributed by atoms with Gasteiger partial charge in [0.2, 0.25) is 5.91 Å². The minimum atomic E-state index is 0.0803. The molecule has 1 aromatic rings. The third-order valence-corrected chi connectivity index (χ3v) is 3.87. The van der Waals surface area contributed by atoms with Gasteiger partial charge in [-0.3, -0.25) is 9.78 Å². The molecule has 0 radical (unpaired) electrons. The van der Waals surface area contributed by atoms with Crippen LogP contribution in [0.3, 0.4) is 0 Å². The molecule has 1 fully saturated rings. The predicted octanol–water partition coefficient (Wildman–Crippen LogP) is 1.91. The number of rotatable bonds is 7. The highest BCUT2D eigenvalue weighted by atomic mass is 16.1. The Morgan fingerprint density at radius 2 is 2.10 bits per heavy atom. The third kappa shape index (κ3) is 5.70. The first-order chi connectivity index (χ1) is 9.84. The lowest BCUT2D eigenvalue weighted by Gasteiger charge is -2.21. The van der Waals surface area contributed by atoms with Gasteiger partial charge >= 0.3 is 0 Å². The first kappa shape index (κ1) is 15.0. The predicted molar refractivity (Wildman–Crippen MR) is 80.4 cm³/mol. The Bertz CT molecular complexity index is 388. The molecule has 2 N–H and O–H groups in total. The summed E-state index contributed by atoms with van der Waals surface area (Å²) in [7, 11) is 0. The fourth-order valence-corrected chi connectivity index (χ4v) is 2.72. The van der Waals surface area contributed by atoms with E-state index in [0.29, 0.717) is 13.1 Å². The zero-order chi connectivity index (χ0) is 14.0. The van der Waals surface area contributed by atoms with Crippen molar-refractivity contribution in [2.75, 3.05) is 19.6 Å². The van der Waals surface area contributed by atoms with Gasteiger partial charge in [-0.2, -0.15) is 0 Å². The number of pyridine rings is 1. The van der Waals surface area contributed by atoms with Crippen molar-refractivity contribution in [2.24, 2.45) is 5.92 Å². The summed E-state index contributed by atoms with van der Waals surface area (Å²) in [6, 6.07) is 5.85. The molecule has 0 aliphatic heterocycles. The summed E-state index contributed by atoms with van der Waals surface area (Å²) in [5.74, 6) is 0.849. The summed E-state index contributed by atoms with van der Waals surface area (Å²) in [5.41, 5.74) is 1.02. The monoisotopic (exact) mass is 275 g/mol. The van der Waals surface area contributed by atoms with Gasteiger partial charge in [0, 0.05) is 24.9 Å². The molecule has 1 amide bonds. The van der Waals surface area contributed by atoms with Crippen molar-refractivity contribution < 1.29 is 4.79 Å². The van der Waals surface area contributed by atoms with E-state index in [1.165, 1.54) is 32.1 Å². The summed E-state index contributed by atoms with van der Waals surface area (Å²) in [4.78, 5) is 15.9. The van der Waals surface area contributed by atoms with Crippen molar-refractivity contribution in [1.29, 1.82) is 0 Å². The Morgan fingerprint density at radius 1 is 1.25 bits per heavy atom. The van der Waals surface area contributed by atoms with Gasteiger partial charge in [0.05, 0.1) is 6.54 Å². The number of nitrogens with zero attached hydrogens (tertiary/aromatic N) is 1. The number of amides is 1. The maximum atomic E-state index is 11.7. The topological polar surface area (TPSA) is 54.0 Å². The normalized spacial score (nSPS) is 16.0. The molecule has 0 aromatic carbocycles. The average molecular weight is 275 g/mol. The Labute approximate surface area is 121 Å². The molecule has 0 bridgehead atoms. The van der Waals surface area contributed by atoms with E-state index < -0.39 is 0 Å². The SMILES string of the molecule is O=C(CNCC1CCCCC1)NCCc1ccccn1. The highest BCUT2D eigenvalue weighted by Crippen LogP contribution is 2.22. The lowest BCUT2D eigenvalue weighted by Crippen LogP contribution is -2.37. The zero-order valence-electron chi connectivity index (χ0n) is 12.1. The zero-order valence-corrected chi connectivity index (χ0v) is 12.1. The van der Waals surface area contributed by atoms with E-state index in [2.05, 4.69) is 15.6 Å². The standard InChI is InChI=1S/C16H25N3O/c20-16(13-17-12-14-6-2-1-3-7-14)19-11-9-15-8-4-5-10-18-15/h4-5,8,10,14,17H,1-3,6-7,9,11-13H2,(H,19,20). The number of nitrogens with one attached hydrogen (secondary N) is 2. The van der Waals surface area contributed by atoms with Crippen LogP contribution in [0.4, 0.5) is 0 Å². The molecule has 2 rings (SSSR count). The lowest BCUT2D eigenvalue weighted by molar-refractivity contribution is -0.120. The van der Waals surface area contributed by atoms with Crippen LogP contribution < -0.4 is 10.6 Å². The van der Waals surface area contributed by atoms with Gasteiger partial charge < -0.3 is 10.6 Å². The van der Waals surface area contributed by atoms with Gasteiger partial charge in [0.25, 0.3) is 0 Å². The van der Waals surface area contributed by atoms with Crippen molar-refractivity contribution >= 4 is 5.91 Å². The molecule has 0 spiro atoms. The molecule has 110 valence electrons. The minimum absolute atomic E-state index is 0.0803. The van der Waals surface area contributed by atoms with E-state index in [1.54, 1.807) is 6.20 Å². The van der Waals surface area contributed by atoms with Crippen molar-refractivity contribution in [3.8, 4) is 0 Å². The summed E-state index contributed by atoms with van der Waals surface area (Å²) >= 11 is 0. The van der Waals surface area contributed by atoms with Crippen LogP contribution in [0.5, 0.6) is 0 Å². The first-order valence-electron chi connectivity index (χ1n) is 7.72. The molecule has 1 aromatic heterocycles. The Balaban J connectivity index is 1.52. The number of hydrogen-bond donors (Lipinski definition) is 2. The number of hydrogen-bond acceptors (Lipinski definition) is 3. The van der Waals surface area contributed by atoms with Crippen LogP contribution in [0.1, 0.15) is 37.8 Å². The molecule has 1 saturated carbocycles. The summed E-state index contributed by atoms with van der Waals surface area (Å²) in [5, 5.41) is 6.20. The third-order valence-electron chi connectivity index (χ3n) is 3.87.